The predicted molar refractivity (Wildman–Crippen MR) is 113 cm³/mol. The van der Waals surface area contributed by atoms with Crippen LogP contribution in [0.5, 0.6) is 0 Å². The number of hydrogen-bond donors (Lipinski definition) is 0. The van der Waals surface area contributed by atoms with Gasteiger partial charge in [-0.1, -0.05) is 25.1 Å². The Bertz CT molecular complexity index is 1190. The van der Waals surface area contributed by atoms with Crippen LogP contribution in [0.25, 0.3) is 5.00 Å². The van der Waals surface area contributed by atoms with Gasteiger partial charge in [-0.25, -0.2) is 0 Å². The van der Waals surface area contributed by atoms with Crippen LogP contribution >= 0.6 is 11.3 Å². The number of benzene rings is 1. The largest absolute Gasteiger partial charge is 0.300 e. The predicted octanol–water partition coefficient (Wildman–Crippen LogP) is 4.25. The molecule has 29 heavy (non-hydrogen) atoms. The average Bonchev–Trinajstić information content (AvgIpc) is 3.20. The summed E-state index contributed by atoms with van der Waals surface area (Å²) in [6.45, 7) is 7.72. The van der Waals surface area contributed by atoms with Gasteiger partial charge < -0.3 is 0 Å². The molecule has 1 aliphatic heterocycles. The summed E-state index contributed by atoms with van der Waals surface area (Å²) in [7, 11) is 0. The first-order chi connectivity index (χ1) is 14.0. The number of aliphatic imine (C=N–C) groups is 1. The first kappa shape index (κ1) is 19.2. The molecule has 0 saturated heterocycles. The number of carbonyl (C=O) groups is 1. The van der Waals surface area contributed by atoms with Crippen LogP contribution in [0.2, 0.25) is 0 Å². The van der Waals surface area contributed by atoms with E-state index >= 15 is 0 Å². The lowest BCUT2D eigenvalue weighted by molar-refractivity contribution is -0.117. The SMILES string of the molecule is CCc1sc2c(c1C)C(c1ccccc1C#N)=N[C@@H](CC(C)=O)c1nnc(C)n1-2. The number of carbonyl (C=O) groups excluding carboxylic acids is 1. The van der Waals surface area contributed by atoms with Gasteiger partial charge in [-0.15, -0.1) is 21.5 Å². The quantitative estimate of drug-likeness (QED) is 0.652. The summed E-state index contributed by atoms with van der Waals surface area (Å²) < 4.78 is 2.03. The fourth-order valence-corrected chi connectivity index (χ4v) is 5.14. The third kappa shape index (κ3) is 3.10. The second-order valence-corrected chi connectivity index (χ2v) is 8.27. The number of rotatable bonds is 4. The second-order valence-electron chi connectivity index (χ2n) is 7.18. The molecule has 0 spiro atoms. The minimum atomic E-state index is -0.445. The van der Waals surface area contributed by atoms with E-state index in [1.807, 2.05) is 29.7 Å². The molecule has 0 fully saturated rings. The van der Waals surface area contributed by atoms with Crippen molar-refractivity contribution in [2.75, 3.05) is 0 Å². The summed E-state index contributed by atoms with van der Waals surface area (Å²) in [5.74, 6) is 1.48. The molecular weight excluding hydrogens is 382 g/mol. The van der Waals surface area contributed by atoms with Gasteiger partial charge in [0.05, 0.1) is 17.3 Å². The number of Topliss-reactive ketones (excluding diaryl/α,β-unsaturated/α-hetero) is 1. The maximum absolute atomic E-state index is 12.0. The van der Waals surface area contributed by atoms with Gasteiger partial charge in [0.1, 0.15) is 22.7 Å². The first-order valence-electron chi connectivity index (χ1n) is 9.57. The van der Waals surface area contributed by atoms with Crippen molar-refractivity contribution in [3.8, 4) is 11.1 Å². The number of nitrogens with zero attached hydrogens (tertiary/aromatic N) is 5. The van der Waals surface area contributed by atoms with Crippen LogP contribution in [0.15, 0.2) is 29.3 Å². The number of aromatic nitrogens is 3. The smallest absolute Gasteiger partial charge is 0.163 e. The van der Waals surface area contributed by atoms with Crippen molar-refractivity contribution >= 4 is 22.8 Å². The zero-order valence-electron chi connectivity index (χ0n) is 16.9. The highest BCUT2D eigenvalue weighted by molar-refractivity contribution is 7.15. The molecule has 1 aromatic carbocycles. The van der Waals surface area contributed by atoms with Crippen LogP contribution in [0, 0.1) is 25.2 Å². The van der Waals surface area contributed by atoms with E-state index < -0.39 is 6.04 Å². The van der Waals surface area contributed by atoms with Gasteiger partial charge >= 0.3 is 0 Å². The molecule has 1 aliphatic rings. The molecule has 0 radical (unpaired) electrons. The Balaban J connectivity index is 2.09. The number of fused-ring (bicyclic) bond motifs is 3. The number of aryl methyl sites for hydroxylation is 2. The summed E-state index contributed by atoms with van der Waals surface area (Å²) in [4.78, 5) is 18.3. The summed E-state index contributed by atoms with van der Waals surface area (Å²) in [6.07, 6.45) is 1.15. The number of thiophene rings is 1. The number of nitriles is 1. The Morgan fingerprint density at radius 1 is 1.28 bits per heavy atom. The molecule has 7 heteroatoms. The topological polar surface area (TPSA) is 83.9 Å². The monoisotopic (exact) mass is 403 g/mol. The minimum absolute atomic E-state index is 0.0371. The van der Waals surface area contributed by atoms with Crippen molar-refractivity contribution in [1.82, 2.24) is 14.8 Å². The number of ketones is 1. The van der Waals surface area contributed by atoms with E-state index in [9.17, 15) is 10.1 Å². The molecular formula is C22H21N5OS. The first-order valence-corrected chi connectivity index (χ1v) is 10.4. The third-order valence-electron chi connectivity index (χ3n) is 5.20. The Labute approximate surface area is 173 Å². The normalized spacial score (nSPS) is 15.1. The van der Waals surface area contributed by atoms with Gasteiger partial charge in [0.25, 0.3) is 0 Å². The molecule has 0 N–H and O–H groups in total. The van der Waals surface area contributed by atoms with E-state index in [2.05, 4.69) is 30.1 Å². The van der Waals surface area contributed by atoms with Crippen LogP contribution in [0.1, 0.15) is 65.1 Å². The second kappa shape index (κ2) is 7.37. The van der Waals surface area contributed by atoms with Crippen LogP contribution in [-0.4, -0.2) is 26.3 Å². The van der Waals surface area contributed by atoms with E-state index in [-0.39, 0.29) is 12.2 Å². The van der Waals surface area contributed by atoms with Gasteiger partial charge in [0.15, 0.2) is 5.82 Å². The van der Waals surface area contributed by atoms with Gasteiger partial charge in [0, 0.05) is 22.4 Å². The van der Waals surface area contributed by atoms with Crippen molar-refractivity contribution < 1.29 is 4.79 Å². The summed E-state index contributed by atoms with van der Waals surface area (Å²) in [6, 6.07) is 9.33. The van der Waals surface area contributed by atoms with E-state index in [0.717, 1.165) is 39.6 Å². The zero-order chi connectivity index (χ0) is 20.7. The van der Waals surface area contributed by atoms with Gasteiger partial charge in [0.2, 0.25) is 0 Å². The molecule has 146 valence electrons. The van der Waals surface area contributed by atoms with Crippen LogP contribution in [-0.2, 0) is 11.2 Å². The summed E-state index contributed by atoms with van der Waals surface area (Å²) in [5.41, 5.74) is 4.26. The Kier molecular flexibility index (Phi) is 4.89. The van der Waals surface area contributed by atoms with Crippen molar-refractivity contribution in [2.24, 2.45) is 4.99 Å². The molecule has 0 bridgehead atoms. The standard InChI is InChI=1S/C22H21N5OS/c1-5-18-13(3)19-20(16-9-7-6-8-15(16)11-23)24-17(10-12(2)28)21-26-25-14(4)27(21)22(19)29-18/h6-9,17H,5,10H2,1-4H3/t17-/m0/s1. The molecule has 4 rings (SSSR count). The summed E-state index contributed by atoms with van der Waals surface area (Å²) in [5, 5.41) is 19.4. The van der Waals surface area contributed by atoms with E-state index in [1.54, 1.807) is 24.3 Å². The maximum Gasteiger partial charge on any atom is 0.163 e. The fourth-order valence-electron chi connectivity index (χ4n) is 3.84. The highest BCUT2D eigenvalue weighted by Crippen LogP contribution is 2.40. The molecule has 1 atom stereocenters. The lowest BCUT2D eigenvalue weighted by Crippen LogP contribution is -2.10. The highest BCUT2D eigenvalue weighted by atomic mass is 32.1. The van der Waals surface area contributed by atoms with Gasteiger partial charge in [-0.05, 0) is 38.8 Å². The molecule has 0 aliphatic carbocycles. The maximum atomic E-state index is 12.0. The molecule has 6 nitrogen and oxygen atoms in total. The third-order valence-corrected chi connectivity index (χ3v) is 6.63. The molecule has 3 heterocycles. The van der Waals surface area contributed by atoms with Crippen molar-refractivity contribution in [2.45, 2.75) is 46.6 Å². The Morgan fingerprint density at radius 2 is 2.03 bits per heavy atom. The Hall–Kier alpha value is -3.11. The van der Waals surface area contributed by atoms with Crippen LogP contribution in [0.4, 0.5) is 0 Å². The molecule has 0 unspecified atom stereocenters. The Morgan fingerprint density at radius 3 is 2.72 bits per heavy atom. The lowest BCUT2D eigenvalue weighted by Gasteiger charge is -2.12. The molecule has 0 saturated carbocycles. The average molecular weight is 404 g/mol. The fraction of sp³-hybridized carbons (Fsp3) is 0.318. The van der Waals surface area contributed by atoms with E-state index in [0.29, 0.717) is 11.4 Å². The van der Waals surface area contributed by atoms with E-state index in [4.69, 9.17) is 4.99 Å². The van der Waals surface area contributed by atoms with Gasteiger partial charge in [-0.3, -0.25) is 14.4 Å². The zero-order valence-corrected chi connectivity index (χ0v) is 17.7. The molecule has 0 amide bonds. The lowest BCUT2D eigenvalue weighted by atomic mass is 9.95. The van der Waals surface area contributed by atoms with Crippen molar-refractivity contribution in [3.05, 3.63) is 63.0 Å². The molecule has 2 aromatic heterocycles. The minimum Gasteiger partial charge on any atom is -0.300 e. The van der Waals surface area contributed by atoms with Crippen LogP contribution < -0.4 is 0 Å². The highest BCUT2D eigenvalue weighted by Gasteiger charge is 2.32. The number of hydrogen-bond acceptors (Lipinski definition) is 6. The van der Waals surface area contributed by atoms with Crippen LogP contribution in [0.3, 0.4) is 0 Å². The molecule has 3 aromatic rings. The summed E-state index contributed by atoms with van der Waals surface area (Å²) >= 11 is 1.70. The van der Waals surface area contributed by atoms with Crippen molar-refractivity contribution in [3.63, 3.8) is 0 Å². The van der Waals surface area contributed by atoms with Crippen molar-refractivity contribution in [1.29, 1.82) is 5.26 Å². The van der Waals surface area contributed by atoms with Gasteiger partial charge in [-0.2, -0.15) is 5.26 Å². The van der Waals surface area contributed by atoms with E-state index in [1.165, 1.54) is 4.88 Å².